The van der Waals surface area contributed by atoms with Crippen molar-refractivity contribution in [2.45, 2.75) is 16.0 Å². The summed E-state index contributed by atoms with van der Waals surface area (Å²) in [5, 5.41) is 15.6. The summed E-state index contributed by atoms with van der Waals surface area (Å²) in [7, 11) is -4.37. The lowest BCUT2D eigenvalue weighted by molar-refractivity contribution is -0.0578. The van der Waals surface area contributed by atoms with Gasteiger partial charge < -0.3 is 10.2 Å². The SMILES string of the molecule is CC(C(O)(O)I)S(=O)(=O)O. The number of rotatable bonds is 2. The Morgan fingerprint density at radius 2 is 1.80 bits per heavy atom. The molecule has 5 nitrogen and oxygen atoms in total. The highest BCUT2D eigenvalue weighted by atomic mass is 127. The number of halogens is 1. The predicted molar refractivity (Wildman–Crippen MR) is 42.2 cm³/mol. The zero-order valence-electron chi connectivity index (χ0n) is 5.02. The molecule has 0 aromatic carbocycles. The van der Waals surface area contributed by atoms with Gasteiger partial charge in [-0.2, -0.15) is 8.42 Å². The molecule has 3 N–H and O–H groups in total. The van der Waals surface area contributed by atoms with Crippen molar-refractivity contribution in [1.82, 2.24) is 0 Å². The summed E-state index contributed by atoms with van der Waals surface area (Å²) >= 11 is 1.10. The van der Waals surface area contributed by atoms with Gasteiger partial charge in [0.1, 0.15) is 5.25 Å². The van der Waals surface area contributed by atoms with Crippen molar-refractivity contribution in [3.05, 3.63) is 0 Å². The van der Waals surface area contributed by atoms with Crippen LogP contribution in [0.2, 0.25) is 0 Å². The number of alkyl halides is 1. The fourth-order valence-electron chi connectivity index (χ4n) is 0.189. The Labute approximate surface area is 71.9 Å². The van der Waals surface area contributed by atoms with Crippen LogP contribution in [0.5, 0.6) is 0 Å². The van der Waals surface area contributed by atoms with Crippen LogP contribution >= 0.6 is 22.6 Å². The quantitative estimate of drug-likeness (QED) is 0.270. The molecule has 1 atom stereocenters. The van der Waals surface area contributed by atoms with E-state index in [0.29, 0.717) is 0 Å². The molecule has 0 radical (unpaired) electrons. The average molecular weight is 282 g/mol. The highest BCUT2D eigenvalue weighted by Gasteiger charge is 2.36. The first-order chi connectivity index (χ1) is 4.15. The molecule has 0 rings (SSSR count). The van der Waals surface area contributed by atoms with E-state index in [4.69, 9.17) is 14.8 Å². The van der Waals surface area contributed by atoms with Gasteiger partial charge in [-0.3, -0.25) is 4.55 Å². The molecule has 0 aliphatic heterocycles. The van der Waals surface area contributed by atoms with E-state index in [1.54, 1.807) is 0 Å². The van der Waals surface area contributed by atoms with Crippen molar-refractivity contribution in [2.75, 3.05) is 0 Å². The molecular formula is C3H7IO5S. The summed E-state index contributed by atoms with van der Waals surface area (Å²) in [4.78, 5) is 0. The smallest absolute Gasteiger partial charge is 0.273 e. The fourth-order valence-corrected chi connectivity index (χ4v) is 1.53. The molecule has 7 heteroatoms. The molecule has 0 saturated carbocycles. The van der Waals surface area contributed by atoms with E-state index >= 15 is 0 Å². The molecule has 0 fully saturated rings. The third-order valence-electron chi connectivity index (χ3n) is 0.964. The Balaban J connectivity index is 4.56. The molecule has 62 valence electrons. The number of hydrogen-bond donors (Lipinski definition) is 3. The minimum absolute atomic E-state index is 0.988. The Morgan fingerprint density at radius 3 is 1.80 bits per heavy atom. The van der Waals surface area contributed by atoms with Crippen LogP contribution in [0.15, 0.2) is 0 Å². The summed E-state index contributed by atoms with van der Waals surface area (Å²) in [6.07, 6.45) is 0. The van der Waals surface area contributed by atoms with Crippen LogP contribution in [0.1, 0.15) is 6.92 Å². The van der Waals surface area contributed by atoms with E-state index in [0.717, 1.165) is 29.5 Å². The van der Waals surface area contributed by atoms with Crippen molar-refractivity contribution < 1.29 is 23.2 Å². The first kappa shape index (κ1) is 10.6. The lowest BCUT2D eigenvalue weighted by Crippen LogP contribution is -2.39. The van der Waals surface area contributed by atoms with Gasteiger partial charge in [-0.1, -0.05) is 0 Å². The summed E-state index contributed by atoms with van der Waals surface area (Å²) in [6, 6.07) is 0. The summed E-state index contributed by atoms with van der Waals surface area (Å²) in [6.45, 7) is 0.988. The van der Waals surface area contributed by atoms with Gasteiger partial charge in [-0.25, -0.2) is 0 Å². The molecular weight excluding hydrogens is 275 g/mol. The molecule has 0 spiro atoms. The van der Waals surface area contributed by atoms with Crippen LogP contribution in [0.25, 0.3) is 0 Å². The van der Waals surface area contributed by atoms with Gasteiger partial charge in [0.15, 0.2) is 0 Å². The molecule has 0 saturated heterocycles. The summed E-state index contributed by atoms with van der Waals surface area (Å²) in [5.74, 6) is 0. The first-order valence-electron chi connectivity index (χ1n) is 2.25. The lowest BCUT2D eigenvalue weighted by atomic mass is 10.5. The number of hydrogen-bond acceptors (Lipinski definition) is 4. The Kier molecular flexibility index (Phi) is 3.06. The second-order valence-electron chi connectivity index (χ2n) is 1.79. The topological polar surface area (TPSA) is 94.8 Å². The Bertz CT molecular complexity index is 201. The highest BCUT2D eigenvalue weighted by molar-refractivity contribution is 14.1. The van der Waals surface area contributed by atoms with Gasteiger partial charge >= 0.3 is 0 Å². The van der Waals surface area contributed by atoms with E-state index in [1.165, 1.54) is 0 Å². The van der Waals surface area contributed by atoms with Crippen LogP contribution in [-0.2, 0) is 10.1 Å². The molecule has 0 heterocycles. The minimum Gasteiger partial charge on any atom is -0.357 e. The van der Waals surface area contributed by atoms with Crippen LogP contribution in [0.3, 0.4) is 0 Å². The van der Waals surface area contributed by atoms with Crippen LogP contribution in [0.4, 0.5) is 0 Å². The molecule has 0 amide bonds. The van der Waals surface area contributed by atoms with Crippen LogP contribution in [0, 0.1) is 0 Å². The van der Waals surface area contributed by atoms with Crippen LogP contribution < -0.4 is 0 Å². The van der Waals surface area contributed by atoms with Gasteiger partial charge in [0.05, 0.1) is 0 Å². The largest absolute Gasteiger partial charge is 0.357 e. The lowest BCUT2D eigenvalue weighted by Gasteiger charge is -2.18. The predicted octanol–water partition coefficient (Wildman–Crippen LogP) is -0.664. The number of aliphatic hydroxyl groups is 2. The van der Waals surface area contributed by atoms with Crippen molar-refractivity contribution in [3.8, 4) is 0 Å². The Morgan fingerprint density at radius 1 is 1.50 bits per heavy atom. The second kappa shape index (κ2) is 2.89. The normalized spacial score (nSPS) is 16.9. The van der Waals surface area contributed by atoms with Crippen molar-refractivity contribution >= 4 is 32.7 Å². The molecule has 1 unspecified atom stereocenters. The minimum atomic E-state index is -4.37. The van der Waals surface area contributed by atoms with Gasteiger partial charge in [0.2, 0.25) is 3.79 Å². The van der Waals surface area contributed by atoms with Crippen LogP contribution in [-0.4, -0.2) is 32.2 Å². The fraction of sp³-hybridized carbons (Fsp3) is 1.00. The summed E-state index contributed by atoms with van der Waals surface area (Å²) < 4.78 is 26.3. The van der Waals surface area contributed by atoms with E-state index in [-0.39, 0.29) is 0 Å². The van der Waals surface area contributed by atoms with Gasteiger partial charge in [-0.05, 0) is 29.5 Å². The third kappa shape index (κ3) is 3.10. The monoisotopic (exact) mass is 282 g/mol. The maximum absolute atomic E-state index is 10.2. The molecule has 0 aliphatic carbocycles. The Hall–Kier alpha value is 0.560. The third-order valence-corrected chi connectivity index (χ3v) is 3.54. The maximum Gasteiger partial charge on any atom is 0.273 e. The average Bonchev–Trinajstić information content (AvgIpc) is 1.59. The van der Waals surface area contributed by atoms with Crippen molar-refractivity contribution in [1.29, 1.82) is 0 Å². The zero-order chi connectivity index (χ0) is 8.58. The van der Waals surface area contributed by atoms with Crippen molar-refractivity contribution in [2.24, 2.45) is 0 Å². The molecule has 0 bridgehead atoms. The first-order valence-corrected chi connectivity index (χ1v) is 4.84. The maximum atomic E-state index is 10.2. The van der Waals surface area contributed by atoms with Crippen molar-refractivity contribution in [3.63, 3.8) is 0 Å². The second-order valence-corrected chi connectivity index (χ2v) is 5.12. The molecule has 10 heavy (non-hydrogen) atoms. The van der Waals surface area contributed by atoms with E-state index in [2.05, 4.69) is 0 Å². The van der Waals surface area contributed by atoms with E-state index in [1.807, 2.05) is 0 Å². The van der Waals surface area contributed by atoms with E-state index in [9.17, 15) is 8.42 Å². The highest BCUT2D eigenvalue weighted by Crippen LogP contribution is 2.20. The zero-order valence-corrected chi connectivity index (χ0v) is 8.00. The van der Waals surface area contributed by atoms with Gasteiger partial charge in [0, 0.05) is 0 Å². The molecule has 0 aliphatic rings. The van der Waals surface area contributed by atoms with Gasteiger partial charge in [-0.15, -0.1) is 0 Å². The van der Waals surface area contributed by atoms with Gasteiger partial charge in [0.25, 0.3) is 10.1 Å². The standard InChI is InChI=1S/C3H7IO5S/c1-2(3(4,5)6)10(7,8)9/h2,5-6H,1H3,(H,7,8,9). The van der Waals surface area contributed by atoms with E-state index < -0.39 is 19.2 Å². The molecule has 0 aromatic rings. The molecule has 0 aromatic heterocycles. The summed E-state index contributed by atoms with van der Waals surface area (Å²) in [5.41, 5.74) is 0.